The predicted octanol–water partition coefficient (Wildman–Crippen LogP) is -0.826. The second kappa shape index (κ2) is 5.64. The van der Waals surface area contributed by atoms with Crippen LogP contribution in [0.25, 0.3) is 0 Å². The molecule has 1 rings (SSSR count). The molecule has 0 radical (unpaired) electrons. The van der Waals surface area contributed by atoms with Crippen molar-refractivity contribution in [3.05, 3.63) is 0 Å². The molecule has 1 unspecified atom stereocenters. The number of unbranched alkanes of at least 4 members (excludes halogenated alkanes) is 1. The van der Waals surface area contributed by atoms with E-state index in [0.29, 0.717) is 6.42 Å². The van der Waals surface area contributed by atoms with Gasteiger partial charge in [-0.2, -0.15) is 4.31 Å². The molecule has 0 aliphatic carbocycles. The van der Waals surface area contributed by atoms with Gasteiger partial charge in [-0.1, -0.05) is 13.3 Å². The van der Waals surface area contributed by atoms with Crippen LogP contribution in [0.2, 0.25) is 0 Å². The Morgan fingerprint density at radius 2 is 2.06 bits per heavy atom. The average molecular weight is 284 g/mol. The van der Waals surface area contributed by atoms with E-state index in [1.807, 2.05) is 6.92 Å². The lowest BCUT2D eigenvalue weighted by Gasteiger charge is -2.31. The van der Waals surface area contributed by atoms with Crippen LogP contribution in [-0.4, -0.2) is 57.5 Å². The van der Waals surface area contributed by atoms with Gasteiger partial charge >= 0.3 is 0 Å². The van der Waals surface area contributed by atoms with Crippen molar-refractivity contribution in [2.24, 2.45) is 5.73 Å². The first-order chi connectivity index (χ1) is 7.83. The largest absolute Gasteiger partial charge is 0.329 e. The first-order valence-corrected chi connectivity index (χ1v) is 9.05. The summed E-state index contributed by atoms with van der Waals surface area (Å²) in [5.41, 5.74) is 5.38. The maximum atomic E-state index is 11.9. The Morgan fingerprint density at radius 3 is 2.59 bits per heavy atom. The molecular formula is C9H20N2O4S2. The van der Waals surface area contributed by atoms with Gasteiger partial charge in [-0.05, 0) is 6.42 Å². The van der Waals surface area contributed by atoms with Gasteiger partial charge in [0.2, 0.25) is 10.0 Å². The van der Waals surface area contributed by atoms with Crippen LogP contribution in [0, 0.1) is 0 Å². The van der Waals surface area contributed by atoms with Gasteiger partial charge in [-0.15, -0.1) is 0 Å². The highest BCUT2D eigenvalue weighted by molar-refractivity contribution is 7.92. The van der Waals surface area contributed by atoms with Crippen molar-refractivity contribution < 1.29 is 16.8 Å². The molecular weight excluding hydrogens is 264 g/mol. The number of sulfone groups is 1. The first kappa shape index (κ1) is 14.9. The van der Waals surface area contributed by atoms with Crippen LogP contribution in [0.5, 0.6) is 0 Å². The molecule has 1 atom stereocenters. The Labute approximate surface area is 103 Å². The van der Waals surface area contributed by atoms with Gasteiger partial charge in [0.05, 0.1) is 16.8 Å². The van der Waals surface area contributed by atoms with Gasteiger partial charge in [0.15, 0.2) is 9.84 Å². The third-order valence-corrected chi connectivity index (χ3v) is 6.98. The molecule has 1 aliphatic rings. The van der Waals surface area contributed by atoms with Crippen molar-refractivity contribution in [3.8, 4) is 0 Å². The van der Waals surface area contributed by atoms with E-state index in [-0.39, 0.29) is 31.1 Å². The number of nitrogens with zero attached hydrogens (tertiary/aromatic N) is 1. The maximum absolute atomic E-state index is 11.9. The Kier molecular flexibility index (Phi) is 4.94. The molecule has 1 saturated heterocycles. The highest BCUT2D eigenvalue weighted by Crippen LogP contribution is 2.16. The second-order valence-corrected chi connectivity index (χ2v) is 8.74. The van der Waals surface area contributed by atoms with E-state index in [0.717, 1.165) is 6.42 Å². The average Bonchev–Trinajstić information content (AvgIpc) is 2.25. The van der Waals surface area contributed by atoms with Gasteiger partial charge < -0.3 is 5.73 Å². The molecule has 0 aromatic rings. The summed E-state index contributed by atoms with van der Waals surface area (Å²) in [6, 6.07) is 0. The minimum atomic E-state index is -3.33. The van der Waals surface area contributed by atoms with E-state index in [4.69, 9.17) is 5.73 Å². The fraction of sp³-hybridized carbons (Fsp3) is 1.00. The molecule has 8 heteroatoms. The van der Waals surface area contributed by atoms with Gasteiger partial charge in [0, 0.05) is 19.6 Å². The molecule has 1 heterocycles. The van der Waals surface area contributed by atoms with Crippen LogP contribution in [0.15, 0.2) is 0 Å². The Morgan fingerprint density at radius 1 is 1.41 bits per heavy atom. The van der Waals surface area contributed by atoms with Gasteiger partial charge in [0.1, 0.15) is 0 Å². The van der Waals surface area contributed by atoms with Crippen LogP contribution >= 0.6 is 0 Å². The molecule has 6 nitrogen and oxygen atoms in total. The van der Waals surface area contributed by atoms with Crippen molar-refractivity contribution in [3.63, 3.8) is 0 Å². The number of hydrogen-bond acceptors (Lipinski definition) is 5. The van der Waals surface area contributed by atoms with E-state index in [2.05, 4.69) is 0 Å². The zero-order valence-electron chi connectivity index (χ0n) is 10.0. The smallest absolute Gasteiger partial charge is 0.214 e. The van der Waals surface area contributed by atoms with Gasteiger partial charge in [0.25, 0.3) is 0 Å². The fourth-order valence-electron chi connectivity index (χ4n) is 1.76. The summed E-state index contributed by atoms with van der Waals surface area (Å²) in [6.07, 6.45) is 1.39. The summed E-state index contributed by atoms with van der Waals surface area (Å²) in [6.45, 7) is 1.96. The fourth-order valence-corrected chi connectivity index (χ4v) is 5.16. The molecule has 17 heavy (non-hydrogen) atoms. The molecule has 2 N–H and O–H groups in total. The summed E-state index contributed by atoms with van der Waals surface area (Å²) in [5, 5.41) is -0.757. The Hall–Kier alpha value is -0.180. The van der Waals surface area contributed by atoms with Crippen molar-refractivity contribution in [1.82, 2.24) is 4.31 Å². The van der Waals surface area contributed by atoms with Crippen LogP contribution in [0.4, 0.5) is 0 Å². The van der Waals surface area contributed by atoms with E-state index < -0.39 is 25.1 Å². The highest BCUT2D eigenvalue weighted by Gasteiger charge is 2.36. The van der Waals surface area contributed by atoms with E-state index in [1.54, 1.807) is 0 Å². The standard InChI is InChI=1S/C9H20N2O4S2/c1-2-3-5-17(14,15)11-4-6-16(12,13)9(7-10)8-11/h9H,2-8,10H2,1H3. The summed E-state index contributed by atoms with van der Waals surface area (Å²) < 4.78 is 48.3. The summed E-state index contributed by atoms with van der Waals surface area (Å²) in [4.78, 5) is 0. The number of sulfonamides is 1. The molecule has 102 valence electrons. The molecule has 0 aromatic carbocycles. The molecule has 0 aromatic heterocycles. The van der Waals surface area contributed by atoms with Crippen LogP contribution in [-0.2, 0) is 19.9 Å². The van der Waals surface area contributed by atoms with Crippen LogP contribution in [0.3, 0.4) is 0 Å². The normalized spacial score (nSPS) is 25.9. The second-order valence-electron chi connectivity index (χ2n) is 4.25. The number of nitrogens with two attached hydrogens (primary N) is 1. The van der Waals surface area contributed by atoms with Crippen LogP contribution in [0.1, 0.15) is 19.8 Å². The van der Waals surface area contributed by atoms with E-state index >= 15 is 0 Å². The molecule has 0 spiro atoms. The quantitative estimate of drug-likeness (QED) is 0.711. The lowest BCUT2D eigenvalue weighted by Crippen LogP contribution is -2.52. The summed E-state index contributed by atoms with van der Waals surface area (Å²) in [5.74, 6) is -0.0406. The Bertz CT molecular complexity index is 444. The van der Waals surface area contributed by atoms with Crippen LogP contribution < -0.4 is 5.73 Å². The lowest BCUT2D eigenvalue weighted by molar-refractivity contribution is 0.402. The van der Waals surface area contributed by atoms with E-state index in [1.165, 1.54) is 4.31 Å². The topological polar surface area (TPSA) is 97.5 Å². The summed E-state index contributed by atoms with van der Waals surface area (Å²) >= 11 is 0. The number of rotatable bonds is 5. The van der Waals surface area contributed by atoms with Gasteiger partial charge in [-0.25, -0.2) is 16.8 Å². The molecule has 0 saturated carbocycles. The van der Waals surface area contributed by atoms with Gasteiger partial charge in [-0.3, -0.25) is 0 Å². The third kappa shape index (κ3) is 3.64. The third-order valence-electron chi connectivity index (χ3n) is 2.95. The van der Waals surface area contributed by atoms with Crippen molar-refractivity contribution >= 4 is 19.9 Å². The van der Waals surface area contributed by atoms with E-state index in [9.17, 15) is 16.8 Å². The lowest BCUT2D eigenvalue weighted by atomic mass is 10.4. The first-order valence-electron chi connectivity index (χ1n) is 5.73. The molecule has 0 amide bonds. The van der Waals surface area contributed by atoms with Crippen molar-refractivity contribution in [2.45, 2.75) is 25.0 Å². The zero-order chi connectivity index (χ0) is 13.1. The highest BCUT2D eigenvalue weighted by atomic mass is 32.2. The summed E-state index contributed by atoms with van der Waals surface area (Å²) in [7, 11) is -6.54. The Balaban J connectivity index is 2.76. The minimum Gasteiger partial charge on any atom is -0.329 e. The SMILES string of the molecule is CCCCS(=O)(=O)N1CCS(=O)(=O)C(CN)C1. The molecule has 1 aliphatic heterocycles. The minimum absolute atomic E-state index is 0.00484. The monoisotopic (exact) mass is 284 g/mol. The van der Waals surface area contributed by atoms with Crippen molar-refractivity contribution in [1.29, 1.82) is 0 Å². The zero-order valence-corrected chi connectivity index (χ0v) is 11.6. The molecule has 1 fully saturated rings. The molecule has 0 bridgehead atoms. The maximum Gasteiger partial charge on any atom is 0.214 e. The van der Waals surface area contributed by atoms with Crippen molar-refractivity contribution in [2.75, 3.05) is 31.1 Å². The predicted molar refractivity (Wildman–Crippen MR) is 66.9 cm³/mol. The number of hydrogen-bond donors (Lipinski definition) is 1.